The largest absolute Gasteiger partial charge is 0.354 e. The van der Waals surface area contributed by atoms with Crippen LogP contribution in [0.2, 0.25) is 0 Å². The normalized spacial score (nSPS) is 19.6. The molecule has 1 saturated heterocycles. The predicted octanol–water partition coefficient (Wildman–Crippen LogP) is 2.84. The number of pyridine rings is 1. The van der Waals surface area contributed by atoms with Crippen molar-refractivity contribution in [2.75, 3.05) is 7.05 Å². The van der Waals surface area contributed by atoms with Gasteiger partial charge in [-0.25, -0.2) is 4.98 Å². The minimum atomic E-state index is -0.190. The van der Waals surface area contributed by atoms with E-state index in [4.69, 9.17) is 4.98 Å². The lowest BCUT2D eigenvalue weighted by atomic mass is 10.0. The lowest BCUT2D eigenvalue weighted by Gasteiger charge is -2.28. The third-order valence-corrected chi connectivity index (χ3v) is 6.46. The number of hydrogen-bond donors (Lipinski definition) is 1. The molecule has 2 aliphatic heterocycles. The maximum Gasteiger partial charge on any atom is 0.271 e. The molecule has 2 atom stereocenters. The highest BCUT2D eigenvalue weighted by molar-refractivity contribution is 5.96. The first-order valence-electron chi connectivity index (χ1n) is 10.7. The summed E-state index contributed by atoms with van der Waals surface area (Å²) in [6.45, 7) is 2.50. The molecule has 2 amide bonds. The smallest absolute Gasteiger partial charge is 0.271 e. The van der Waals surface area contributed by atoms with Crippen LogP contribution >= 0.6 is 0 Å². The molecule has 3 aromatic rings. The van der Waals surface area contributed by atoms with Crippen molar-refractivity contribution >= 4 is 11.8 Å². The molecular formula is C24H25N5O2. The van der Waals surface area contributed by atoms with Crippen LogP contribution in [0.25, 0.3) is 11.4 Å². The second kappa shape index (κ2) is 7.65. The topological polar surface area (TPSA) is 80.1 Å². The summed E-state index contributed by atoms with van der Waals surface area (Å²) in [5.41, 5.74) is 3.73. The van der Waals surface area contributed by atoms with E-state index in [1.807, 2.05) is 54.3 Å². The first-order valence-corrected chi connectivity index (χ1v) is 10.7. The first kappa shape index (κ1) is 19.5. The Morgan fingerprint density at radius 2 is 1.84 bits per heavy atom. The molecule has 4 heterocycles. The first-order chi connectivity index (χ1) is 15.1. The Labute approximate surface area is 181 Å². The van der Waals surface area contributed by atoms with Crippen molar-refractivity contribution in [1.29, 1.82) is 0 Å². The van der Waals surface area contributed by atoms with Crippen LogP contribution in [0.1, 0.15) is 45.1 Å². The van der Waals surface area contributed by atoms with E-state index in [9.17, 15) is 9.59 Å². The quantitative estimate of drug-likeness (QED) is 0.713. The van der Waals surface area contributed by atoms with Gasteiger partial charge in [-0.3, -0.25) is 14.6 Å². The van der Waals surface area contributed by atoms with Crippen LogP contribution < -0.4 is 5.32 Å². The number of aromatic nitrogens is 3. The highest BCUT2D eigenvalue weighted by Crippen LogP contribution is 2.36. The molecule has 0 spiro atoms. The van der Waals surface area contributed by atoms with E-state index in [1.54, 1.807) is 13.2 Å². The number of rotatable bonds is 3. The molecule has 7 heteroatoms. The number of carbonyl (C=O) groups excluding carboxylic acids is 2. The van der Waals surface area contributed by atoms with Crippen molar-refractivity contribution in [3.63, 3.8) is 0 Å². The van der Waals surface area contributed by atoms with Crippen molar-refractivity contribution in [2.24, 2.45) is 0 Å². The molecule has 1 fully saturated rings. The van der Waals surface area contributed by atoms with E-state index in [0.29, 0.717) is 24.2 Å². The SMILES string of the molecule is CNC(=O)c1nc(-c2ccccc2)n2c1C[C@@H]1CC[C@H](C2)N1C(=O)c1cccnc1C. The maximum absolute atomic E-state index is 13.5. The molecule has 158 valence electrons. The second-order valence-corrected chi connectivity index (χ2v) is 8.22. The van der Waals surface area contributed by atoms with Gasteiger partial charge in [0.25, 0.3) is 11.8 Å². The number of hydrogen-bond acceptors (Lipinski definition) is 4. The molecule has 0 unspecified atom stereocenters. The molecular weight excluding hydrogens is 390 g/mol. The van der Waals surface area contributed by atoms with Crippen molar-refractivity contribution in [1.82, 2.24) is 24.8 Å². The fraction of sp³-hybridized carbons (Fsp3) is 0.333. The Morgan fingerprint density at radius 1 is 1.06 bits per heavy atom. The van der Waals surface area contributed by atoms with Gasteiger partial charge in [0.1, 0.15) is 11.5 Å². The van der Waals surface area contributed by atoms with Gasteiger partial charge >= 0.3 is 0 Å². The summed E-state index contributed by atoms with van der Waals surface area (Å²) < 4.78 is 2.15. The summed E-state index contributed by atoms with van der Waals surface area (Å²) in [5.74, 6) is 0.621. The van der Waals surface area contributed by atoms with Crippen molar-refractivity contribution < 1.29 is 9.59 Å². The van der Waals surface area contributed by atoms with Crippen LogP contribution in [0.4, 0.5) is 0 Å². The molecule has 1 N–H and O–H groups in total. The molecule has 0 radical (unpaired) electrons. The Bertz CT molecular complexity index is 1150. The average molecular weight is 415 g/mol. The highest BCUT2D eigenvalue weighted by atomic mass is 16.2. The van der Waals surface area contributed by atoms with Gasteiger partial charge in [0, 0.05) is 43.5 Å². The predicted molar refractivity (Wildman–Crippen MR) is 117 cm³/mol. The fourth-order valence-electron chi connectivity index (χ4n) is 4.95. The van der Waals surface area contributed by atoms with Gasteiger partial charge in [0.15, 0.2) is 0 Å². The van der Waals surface area contributed by atoms with Crippen LogP contribution in [0, 0.1) is 6.92 Å². The zero-order chi connectivity index (χ0) is 21.5. The standard InChI is InChI=1S/C24H25N5O2/c1-15-19(9-6-12-26-15)24(31)29-17-10-11-18(29)14-28-20(13-17)21(23(30)25-2)27-22(28)16-7-4-3-5-8-16/h3-9,12,17-18H,10-11,13-14H2,1-2H3,(H,25,30)/t17-,18+/m0/s1. The third-order valence-electron chi connectivity index (χ3n) is 6.46. The Balaban J connectivity index is 1.59. The minimum Gasteiger partial charge on any atom is -0.354 e. The minimum absolute atomic E-state index is 0.0274. The molecule has 0 aliphatic carbocycles. The van der Waals surface area contributed by atoms with Gasteiger partial charge in [-0.15, -0.1) is 0 Å². The number of carbonyl (C=O) groups is 2. The van der Waals surface area contributed by atoms with Crippen LogP contribution in [-0.2, 0) is 13.0 Å². The fourth-order valence-corrected chi connectivity index (χ4v) is 4.95. The molecule has 0 saturated carbocycles. The maximum atomic E-state index is 13.5. The Morgan fingerprint density at radius 3 is 2.58 bits per heavy atom. The van der Waals surface area contributed by atoms with Crippen LogP contribution in [0.5, 0.6) is 0 Å². The van der Waals surface area contributed by atoms with Crippen LogP contribution in [0.15, 0.2) is 48.7 Å². The van der Waals surface area contributed by atoms with Gasteiger partial charge in [0.05, 0.1) is 17.3 Å². The number of amides is 2. The molecule has 5 rings (SSSR count). The van der Waals surface area contributed by atoms with Gasteiger partial charge in [0.2, 0.25) is 0 Å². The van der Waals surface area contributed by atoms with Gasteiger partial charge in [-0.1, -0.05) is 30.3 Å². The van der Waals surface area contributed by atoms with E-state index in [0.717, 1.165) is 35.6 Å². The second-order valence-electron chi connectivity index (χ2n) is 8.22. The number of nitrogens with one attached hydrogen (secondary N) is 1. The molecule has 2 bridgehead atoms. The summed E-state index contributed by atoms with van der Waals surface area (Å²) in [6.07, 6.45) is 4.19. The number of aryl methyl sites for hydroxylation is 1. The van der Waals surface area contributed by atoms with Gasteiger partial charge < -0.3 is 14.8 Å². The van der Waals surface area contributed by atoms with Crippen molar-refractivity contribution in [2.45, 2.75) is 44.8 Å². The zero-order valence-electron chi connectivity index (χ0n) is 17.7. The van der Waals surface area contributed by atoms with Gasteiger partial charge in [-0.05, 0) is 31.9 Å². The van der Waals surface area contributed by atoms with Crippen molar-refractivity contribution in [3.8, 4) is 11.4 Å². The van der Waals surface area contributed by atoms with E-state index in [1.165, 1.54) is 0 Å². The van der Waals surface area contributed by atoms with E-state index in [2.05, 4.69) is 14.9 Å². The molecule has 31 heavy (non-hydrogen) atoms. The lowest BCUT2D eigenvalue weighted by Crippen LogP contribution is -2.42. The number of imidazole rings is 1. The lowest BCUT2D eigenvalue weighted by molar-refractivity contribution is 0.0665. The Kier molecular flexibility index (Phi) is 4.81. The van der Waals surface area contributed by atoms with E-state index >= 15 is 0 Å². The van der Waals surface area contributed by atoms with Gasteiger partial charge in [-0.2, -0.15) is 0 Å². The summed E-state index contributed by atoms with van der Waals surface area (Å²) in [6, 6.07) is 13.7. The Hall–Kier alpha value is -3.48. The molecule has 2 aliphatic rings. The monoisotopic (exact) mass is 415 g/mol. The summed E-state index contributed by atoms with van der Waals surface area (Å²) in [5, 5.41) is 2.72. The average Bonchev–Trinajstić information content (AvgIpc) is 3.29. The molecule has 2 aromatic heterocycles. The molecule has 1 aromatic carbocycles. The number of nitrogens with zero attached hydrogens (tertiary/aromatic N) is 4. The van der Waals surface area contributed by atoms with Crippen LogP contribution in [0.3, 0.4) is 0 Å². The number of benzene rings is 1. The van der Waals surface area contributed by atoms with E-state index < -0.39 is 0 Å². The van der Waals surface area contributed by atoms with Crippen molar-refractivity contribution in [3.05, 3.63) is 71.3 Å². The number of fused-ring (bicyclic) bond motifs is 3. The van der Waals surface area contributed by atoms with Crippen LogP contribution in [-0.4, -0.2) is 50.4 Å². The molecule has 7 nitrogen and oxygen atoms in total. The zero-order valence-corrected chi connectivity index (χ0v) is 17.7. The summed E-state index contributed by atoms with van der Waals surface area (Å²) in [4.78, 5) is 37.3. The summed E-state index contributed by atoms with van der Waals surface area (Å²) >= 11 is 0. The summed E-state index contributed by atoms with van der Waals surface area (Å²) in [7, 11) is 1.63. The highest BCUT2D eigenvalue weighted by Gasteiger charge is 2.42. The van der Waals surface area contributed by atoms with E-state index in [-0.39, 0.29) is 23.9 Å². The third kappa shape index (κ3) is 3.21.